The molecule has 0 bridgehead atoms. The Hall–Kier alpha value is 0.820. The van der Waals surface area contributed by atoms with E-state index in [-0.39, 0.29) is 0 Å². The first-order valence-corrected chi connectivity index (χ1v) is 18.9. The average Bonchev–Trinajstić information content (AvgIpc) is 2.41. The maximum atomic E-state index is 11.8. The van der Waals surface area contributed by atoms with Crippen LogP contribution in [-0.2, 0) is 27.4 Å². The van der Waals surface area contributed by atoms with Crippen molar-refractivity contribution < 1.29 is 86.1 Å². The summed E-state index contributed by atoms with van der Waals surface area (Å²) in [4.78, 5) is 112. The molecule has 0 atom stereocenters. The van der Waals surface area contributed by atoms with Gasteiger partial charge in [0.25, 0.3) is 0 Å². The summed E-state index contributed by atoms with van der Waals surface area (Å²) < 4.78 is 70.0. The zero-order valence-corrected chi connectivity index (χ0v) is 22.7. The van der Waals surface area contributed by atoms with Gasteiger partial charge in [-0.15, -0.1) is 0 Å². The zero-order valence-electron chi connectivity index (χ0n) is 17.3. The monoisotopic (exact) mass is 638 g/mol. The van der Waals surface area contributed by atoms with Gasteiger partial charge in [0.2, 0.25) is 0 Å². The minimum absolute atomic E-state index is 0.607. The van der Waals surface area contributed by atoms with E-state index in [0.717, 1.165) is 0 Å². The van der Waals surface area contributed by atoms with E-state index in [2.05, 4.69) is 0 Å². The first kappa shape index (κ1) is 35.8. The fraction of sp³-hybridized carbons (Fsp3) is 1.00. The molecule has 35 heavy (non-hydrogen) atoms. The highest BCUT2D eigenvalue weighted by atomic mass is 31.2. The van der Waals surface area contributed by atoms with Crippen LogP contribution in [0.15, 0.2) is 0 Å². The highest BCUT2D eigenvalue weighted by Gasteiger charge is 2.59. The van der Waals surface area contributed by atoms with Crippen molar-refractivity contribution in [2.45, 2.75) is 47.5 Å². The fourth-order valence-electron chi connectivity index (χ4n) is 3.60. The molecule has 0 unspecified atom stereocenters. The van der Waals surface area contributed by atoms with Gasteiger partial charge in [0.15, 0.2) is 16.2 Å². The molecule has 0 radical (unpaired) electrons. The third-order valence-corrected chi connectivity index (χ3v) is 16.6. The Bertz CT molecular complexity index is 911. The van der Waals surface area contributed by atoms with Crippen molar-refractivity contribution in [2.75, 3.05) is 0 Å². The van der Waals surface area contributed by atoms with Crippen LogP contribution >= 0.6 is 45.6 Å². The zero-order chi connectivity index (χ0) is 28.6. The molecule has 0 saturated heterocycles. The molecule has 0 aromatic heterocycles. The van der Waals surface area contributed by atoms with Gasteiger partial charge >= 0.3 is 45.6 Å². The average molecular weight is 638 g/mol. The molecule has 0 amide bonds. The molecule has 0 fully saturated rings. The van der Waals surface area contributed by atoms with E-state index in [1.807, 2.05) is 0 Å². The molecule has 16 N–H and O–H groups in total. The highest BCUT2D eigenvalue weighted by Crippen LogP contribution is 2.72. The van der Waals surface area contributed by atoms with Crippen LogP contribution in [0.2, 0.25) is 0 Å². The van der Waals surface area contributed by atoms with Crippen molar-refractivity contribution in [1.82, 2.24) is 0 Å². The summed E-state index contributed by atoms with van der Waals surface area (Å²) >= 11 is 0. The summed E-state index contributed by atoms with van der Waals surface area (Å²) in [6, 6.07) is 0. The summed E-state index contributed by atoms with van der Waals surface area (Å²) in [6.07, 6.45) is -3.30. The van der Waals surface area contributed by atoms with Crippen molar-refractivity contribution in [3.63, 3.8) is 0 Å². The summed E-state index contributed by atoms with van der Waals surface area (Å²) in [6.45, 7) is 0. The Kier molecular flexibility index (Phi) is 11.8. The molecule has 26 heteroatoms. The van der Waals surface area contributed by atoms with E-state index >= 15 is 0 Å². The fourth-order valence-corrected chi connectivity index (χ4v) is 13.6. The predicted octanol–water partition coefficient (Wildman–Crippen LogP) is -2.18. The molecular formula is C9H28N2O18P6. The first-order chi connectivity index (χ1) is 14.9. The van der Waals surface area contributed by atoms with Crippen molar-refractivity contribution in [2.24, 2.45) is 17.4 Å². The lowest BCUT2D eigenvalue weighted by Gasteiger charge is -2.36. The molecule has 0 aromatic rings. The van der Waals surface area contributed by atoms with E-state index in [0.29, 0.717) is 0 Å². The molecule has 0 spiro atoms. The molecule has 0 aliphatic rings. The van der Waals surface area contributed by atoms with E-state index < -0.39 is 99.0 Å². The molecule has 20 nitrogen and oxygen atoms in total. The number of nitrogens with two attached hydrogens (primary N) is 2. The molecule has 0 heterocycles. The lowest BCUT2D eigenvalue weighted by molar-refractivity contribution is 0.273. The van der Waals surface area contributed by atoms with E-state index in [9.17, 15) is 86.1 Å². The smallest absolute Gasteiger partial charge is 0.324 e. The Morgan fingerprint density at radius 3 is 1.03 bits per heavy atom. The minimum Gasteiger partial charge on any atom is -0.324 e. The van der Waals surface area contributed by atoms with Crippen LogP contribution in [0.1, 0.15) is 25.7 Å². The third kappa shape index (κ3) is 10.8. The molecule has 0 saturated carbocycles. The number of unbranched alkanes of at least 4 members (excludes halogenated alkanes) is 1. The molecule has 0 aromatic carbocycles. The Morgan fingerprint density at radius 1 is 0.514 bits per heavy atom. The number of hydrogen-bond donors (Lipinski definition) is 14. The van der Waals surface area contributed by atoms with Crippen LogP contribution in [-0.4, -0.2) is 80.6 Å². The quantitative estimate of drug-likeness (QED) is 0.0546. The van der Waals surface area contributed by atoms with Crippen LogP contribution < -0.4 is 11.5 Å². The van der Waals surface area contributed by atoms with Crippen molar-refractivity contribution in [3.8, 4) is 0 Å². The van der Waals surface area contributed by atoms with Gasteiger partial charge in [0.05, 0.1) is 5.66 Å². The second-order valence-electron chi connectivity index (χ2n) is 7.76. The largest absolute Gasteiger partial charge is 0.343 e. The van der Waals surface area contributed by atoms with Gasteiger partial charge in [-0.25, -0.2) is 0 Å². The summed E-state index contributed by atoms with van der Waals surface area (Å²) in [5, 5.41) is -9.48. The SMILES string of the molecule is NC(N)(CCCCC(C(P(=O)(O)O)P(=O)(O)O)C(P(=O)(O)O)P(=O)(O)O)C(P(=O)(O)O)P(=O)(O)O. The van der Waals surface area contributed by atoms with Crippen LogP contribution in [0.25, 0.3) is 0 Å². The van der Waals surface area contributed by atoms with Gasteiger partial charge < -0.3 is 70.2 Å². The van der Waals surface area contributed by atoms with Crippen LogP contribution in [0, 0.1) is 5.92 Å². The van der Waals surface area contributed by atoms with E-state index in [1.54, 1.807) is 0 Å². The maximum absolute atomic E-state index is 11.8. The molecule has 0 rings (SSSR count). The van der Waals surface area contributed by atoms with Gasteiger partial charge in [-0.3, -0.25) is 27.4 Å². The summed E-state index contributed by atoms with van der Waals surface area (Å²) in [7, 11) is -35.2. The Morgan fingerprint density at radius 2 is 0.800 bits per heavy atom. The van der Waals surface area contributed by atoms with E-state index in [4.69, 9.17) is 11.5 Å². The standard InChI is InChI=1S/C9H28N2O18P6/c10-9(11,8(34(24,25)26)35(27,28)29)4-2-1-3-5(6(30(12,13)14)31(15,16)17)7(32(18,19)20)33(21,22)23/h5-8H,1-4,10-11H2,(H2,12,13,14)(H2,15,16,17)(H2,18,19,20)(H2,21,22,23)(H2,24,25,26)(H2,27,28,29). The number of rotatable bonds is 14. The molecule has 0 aliphatic heterocycles. The summed E-state index contributed by atoms with van der Waals surface area (Å²) in [5.41, 5.74) is 8.08. The topological polar surface area (TPSA) is 397 Å². The minimum atomic E-state index is -5.99. The molecule has 212 valence electrons. The van der Waals surface area contributed by atoms with Gasteiger partial charge in [0.1, 0.15) is 0 Å². The van der Waals surface area contributed by atoms with Crippen LogP contribution in [0.4, 0.5) is 0 Å². The second-order valence-corrected chi connectivity index (χ2v) is 19.3. The Balaban J connectivity index is 6.26. The van der Waals surface area contributed by atoms with Gasteiger partial charge in [-0.1, -0.05) is 12.8 Å². The molecular weight excluding hydrogens is 610 g/mol. The van der Waals surface area contributed by atoms with Gasteiger partial charge in [0, 0.05) is 5.92 Å². The van der Waals surface area contributed by atoms with Crippen molar-refractivity contribution >= 4 is 45.6 Å². The van der Waals surface area contributed by atoms with Crippen molar-refractivity contribution in [3.05, 3.63) is 0 Å². The first-order valence-electron chi connectivity index (χ1n) is 8.84. The molecule has 0 aliphatic carbocycles. The lowest BCUT2D eigenvalue weighted by Crippen LogP contribution is -2.58. The lowest BCUT2D eigenvalue weighted by atomic mass is 10.0. The van der Waals surface area contributed by atoms with Gasteiger partial charge in [-0.2, -0.15) is 0 Å². The van der Waals surface area contributed by atoms with E-state index in [1.165, 1.54) is 0 Å². The summed E-state index contributed by atoms with van der Waals surface area (Å²) in [5.74, 6) is -2.72. The third-order valence-electron chi connectivity index (χ3n) is 4.66. The van der Waals surface area contributed by atoms with Crippen molar-refractivity contribution in [1.29, 1.82) is 0 Å². The highest BCUT2D eigenvalue weighted by molar-refractivity contribution is 7.73. The van der Waals surface area contributed by atoms with Gasteiger partial charge in [-0.05, 0) is 12.8 Å². The number of hydrogen-bond acceptors (Lipinski definition) is 8. The predicted molar refractivity (Wildman–Crippen MR) is 117 cm³/mol. The van der Waals surface area contributed by atoms with Crippen LogP contribution in [0.3, 0.4) is 0 Å². The van der Waals surface area contributed by atoms with Crippen LogP contribution in [0.5, 0.6) is 0 Å². The maximum Gasteiger partial charge on any atom is 0.343 e. The second kappa shape index (κ2) is 11.5. The normalized spacial score (nSPS) is 15.6. The Labute approximate surface area is 197 Å².